The molecule has 1 atom stereocenters. The standard InChI is InChI=1S/C15H28N2O/c1-7-12(2)17(6)11-13-8-9-18-14(13)10-16-15(3,4)5/h8-9,12,16H,7,10-11H2,1-6H3. The Balaban J connectivity index is 2.60. The van der Waals surface area contributed by atoms with Crippen LogP contribution in [-0.4, -0.2) is 23.5 Å². The van der Waals surface area contributed by atoms with Gasteiger partial charge in [-0.25, -0.2) is 0 Å². The molecule has 0 aliphatic carbocycles. The van der Waals surface area contributed by atoms with Crippen molar-refractivity contribution in [2.24, 2.45) is 0 Å². The molecule has 1 aromatic rings. The Morgan fingerprint density at radius 3 is 2.61 bits per heavy atom. The second kappa shape index (κ2) is 6.39. The molecule has 18 heavy (non-hydrogen) atoms. The van der Waals surface area contributed by atoms with Gasteiger partial charge in [0, 0.05) is 23.7 Å². The molecule has 104 valence electrons. The minimum absolute atomic E-state index is 0.118. The van der Waals surface area contributed by atoms with Gasteiger partial charge in [-0.05, 0) is 47.2 Å². The highest BCUT2D eigenvalue weighted by Gasteiger charge is 2.15. The number of nitrogens with zero attached hydrogens (tertiary/aromatic N) is 1. The van der Waals surface area contributed by atoms with E-state index in [0.717, 1.165) is 18.8 Å². The molecule has 0 radical (unpaired) electrons. The van der Waals surface area contributed by atoms with Crippen molar-refractivity contribution >= 4 is 0 Å². The van der Waals surface area contributed by atoms with E-state index in [4.69, 9.17) is 4.42 Å². The first-order valence-corrected chi connectivity index (χ1v) is 6.84. The van der Waals surface area contributed by atoms with Gasteiger partial charge < -0.3 is 9.73 Å². The Kier molecular flexibility index (Phi) is 5.42. The predicted octanol–water partition coefficient (Wildman–Crippen LogP) is 3.40. The van der Waals surface area contributed by atoms with Crippen molar-refractivity contribution < 1.29 is 4.42 Å². The fourth-order valence-corrected chi connectivity index (χ4v) is 1.74. The summed E-state index contributed by atoms with van der Waals surface area (Å²) in [7, 11) is 2.17. The lowest BCUT2D eigenvalue weighted by atomic mass is 10.1. The molecule has 3 heteroatoms. The summed E-state index contributed by atoms with van der Waals surface area (Å²) in [5, 5.41) is 3.47. The fraction of sp³-hybridized carbons (Fsp3) is 0.733. The Hall–Kier alpha value is -0.800. The summed E-state index contributed by atoms with van der Waals surface area (Å²) < 4.78 is 5.59. The van der Waals surface area contributed by atoms with Crippen LogP contribution in [0.1, 0.15) is 52.4 Å². The highest BCUT2D eigenvalue weighted by atomic mass is 16.3. The molecule has 0 amide bonds. The molecule has 0 saturated carbocycles. The second-order valence-electron chi connectivity index (χ2n) is 6.14. The Morgan fingerprint density at radius 2 is 2.06 bits per heavy atom. The van der Waals surface area contributed by atoms with Crippen LogP contribution in [0.3, 0.4) is 0 Å². The Bertz CT molecular complexity index is 352. The minimum Gasteiger partial charge on any atom is -0.468 e. The monoisotopic (exact) mass is 252 g/mol. The Morgan fingerprint density at radius 1 is 1.39 bits per heavy atom. The molecule has 1 heterocycles. The fourth-order valence-electron chi connectivity index (χ4n) is 1.74. The molecule has 1 N–H and O–H groups in total. The summed E-state index contributed by atoms with van der Waals surface area (Å²) in [4.78, 5) is 2.37. The van der Waals surface area contributed by atoms with E-state index in [1.165, 1.54) is 12.0 Å². The summed E-state index contributed by atoms with van der Waals surface area (Å²) in [6, 6.07) is 2.68. The molecule has 0 fully saturated rings. The van der Waals surface area contributed by atoms with Crippen LogP contribution in [-0.2, 0) is 13.1 Å². The third-order valence-electron chi connectivity index (χ3n) is 3.38. The van der Waals surface area contributed by atoms with Crippen molar-refractivity contribution in [1.82, 2.24) is 10.2 Å². The van der Waals surface area contributed by atoms with E-state index in [1.54, 1.807) is 6.26 Å². The molecule has 0 bridgehead atoms. The lowest BCUT2D eigenvalue weighted by Gasteiger charge is -2.24. The molecule has 3 nitrogen and oxygen atoms in total. The SMILES string of the molecule is CCC(C)N(C)Cc1ccoc1CNC(C)(C)C. The molecule has 0 aliphatic heterocycles. The molecule has 1 rings (SSSR count). The summed E-state index contributed by atoms with van der Waals surface area (Å²) in [6.07, 6.45) is 2.96. The van der Waals surface area contributed by atoms with Crippen molar-refractivity contribution in [2.75, 3.05) is 7.05 Å². The van der Waals surface area contributed by atoms with Gasteiger partial charge in [-0.1, -0.05) is 6.92 Å². The predicted molar refractivity (Wildman–Crippen MR) is 76.5 cm³/mol. The summed E-state index contributed by atoms with van der Waals surface area (Å²) in [5.41, 5.74) is 1.40. The van der Waals surface area contributed by atoms with Crippen LogP contribution in [0.4, 0.5) is 0 Å². The third-order valence-corrected chi connectivity index (χ3v) is 3.38. The molecule has 1 unspecified atom stereocenters. The Labute approximate surface area is 112 Å². The average Bonchev–Trinajstić information content (AvgIpc) is 2.71. The molecule has 0 aliphatic rings. The largest absolute Gasteiger partial charge is 0.468 e. The molecule has 0 spiro atoms. The van der Waals surface area contributed by atoms with Gasteiger partial charge in [-0.2, -0.15) is 0 Å². The van der Waals surface area contributed by atoms with Gasteiger partial charge in [0.05, 0.1) is 12.8 Å². The van der Waals surface area contributed by atoms with Gasteiger partial charge >= 0.3 is 0 Å². The zero-order chi connectivity index (χ0) is 13.8. The lowest BCUT2D eigenvalue weighted by molar-refractivity contribution is 0.241. The van der Waals surface area contributed by atoms with Gasteiger partial charge in [0.1, 0.15) is 5.76 Å². The van der Waals surface area contributed by atoms with Crippen molar-refractivity contribution in [1.29, 1.82) is 0 Å². The first-order chi connectivity index (χ1) is 8.33. The number of rotatable bonds is 6. The molecule has 1 aromatic heterocycles. The third kappa shape index (κ3) is 4.83. The summed E-state index contributed by atoms with van der Waals surface area (Å²) in [6.45, 7) is 12.7. The van der Waals surface area contributed by atoms with Crippen molar-refractivity contribution in [2.45, 2.75) is 65.7 Å². The van der Waals surface area contributed by atoms with E-state index in [2.05, 4.69) is 57.9 Å². The van der Waals surface area contributed by atoms with Gasteiger partial charge in [0.15, 0.2) is 0 Å². The van der Waals surface area contributed by atoms with E-state index in [1.807, 2.05) is 0 Å². The van der Waals surface area contributed by atoms with Gasteiger partial charge in [-0.3, -0.25) is 4.90 Å². The quantitative estimate of drug-likeness (QED) is 0.841. The molecular formula is C15H28N2O. The molecular weight excluding hydrogens is 224 g/mol. The van der Waals surface area contributed by atoms with E-state index >= 15 is 0 Å². The maximum absolute atomic E-state index is 5.59. The van der Waals surface area contributed by atoms with Crippen LogP contribution in [0.25, 0.3) is 0 Å². The van der Waals surface area contributed by atoms with Crippen molar-refractivity contribution in [3.8, 4) is 0 Å². The number of nitrogens with one attached hydrogen (secondary N) is 1. The van der Waals surface area contributed by atoms with E-state index in [9.17, 15) is 0 Å². The van der Waals surface area contributed by atoms with Crippen LogP contribution in [0.5, 0.6) is 0 Å². The van der Waals surface area contributed by atoms with E-state index < -0.39 is 0 Å². The average molecular weight is 252 g/mol. The topological polar surface area (TPSA) is 28.4 Å². The van der Waals surface area contributed by atoms with Crippen molar-refractivity contribution in [3.05, 3.63) is 23.7 Å². The van der Waals surface area contributed by atoms with Crippen LogP contribution in [0, 0.1) is 0 Å². The van der Waals surface area contributed by atoms with Crippen molar-refractivity contribution in [3.63, 3.8) is 0 Å². The smallest absolute Gasteiger partial charge is 0.122 e. The second-order valence-corrected chi connectivity index (χ2v) is 6.14. The van der Waals surface area contributed by atoms with E-state index in [-0.39, 0.29) is 5.54 Å². The number of furan rings is 1. The van der Waals surface area contributed by atoms with Crippen LogP contribution < -0.4 is 5.32 Å². The summed E-state index contributed by atoms with van der Waals surface area (Å²) in [5.74, 6) is 1.06. The van der Waals surface area contributed by atoms with Crippen LogP contribution in [0.15, 0.2) is 16.7 Å². The van der Waals surface area contributed by atoms with Gasteiger partial charge in [-0.15, -0.1) is 0 Å². The number of hydrogen-bond donors (Lipinski definition) is 1. The first kappa shape index (κ1) is 15.3. The minimum atomic E-state index is 0.118. The highest BCUT2D eigenvalue weighted by Crippen LogP contribution is 2.15. The summed E-state index contributed by atoms with van der Waals surface area (Å²) >= 11 is 0. The van der Waals surface area contributed by atoms with E-state index in [0.29, 0.717) is 6.04 Å². The lowest BCUT2D eigenvalue weighted by Crippen LogP contribution is -2.35. The van der Waals surface area contributed by atoms with Crippen LogP contribution >= 0.6 is 0 Å². The molecule has 0 saturated heterocycles. The highest BCUT2D eigenvalue weighted by molar-refractivity contribution is 5.17. The molecule has 0 aromatic carbocycles. The van der Waals surface area contributed by atoms with Gasteiger partial charge in [0.25, 0.3) is 0 Å². The zero-order valence-electron chi connectivity index (χ0n) is 12.7. The van der Waals surface area contributed by atoms with Gasteiger partial charge in [0.2, 0.25) is 0 Å². The maximum Gasteiger partial charge on any atom is 0.122 e. The first-order valence-electron chi connectivity index (χ1n) is 6.84. The number of hydrogen-bond acceptors (Lipinski definition) is 3. The maximum atomic E-state index is 5.59. The zero-order valence-corrected chi connectivity index (χ0v) is 12.7. The normalized spacial score (nSPS) is 14.2. The van der Waals surface area contributed by atoms with Crippen LogP contribution in [0.2, 0.25) is 0 Å².